The third-order valence-electron chi connectivity index (χ3n) is 5.46. The van der Waals surface area contributed by atoms with E-state index in [1.165, 1.54) is 0 Å². The van der Waals surface area contributed by atoms with Crippen LogP contribution in [0.4, 0.5) is 0 Å². The molecule has 4 rings (SSSR count). The molecule has 0 atom stereocenters. The average molecular weight is 477 g/mol. The van der Waals surface area contributed by atoms with Gasteiger partial charge in [0.2, 0.25) is 0 Å². The number of sulfone groups is 2. The Bertz CT molecular complexity index is 1200. The summed E-state index contributed by atoms with van der Waals surface area (Å²) in [5, 5.41) is -3.13. The molecule has 0 aliphatic carbocycles. The van der Waals surface area contributed by atoms with E-state index in [9.17, 15) is 16.8 Å². The molecule has 33 heavy (non-hydrogen) atoms. The highest BCUT2D eigenvalue weighted by molar-refractivity contribution is 8.08. The molecule has 0 bridgehead atoms. The largest absolute Gasteiger partial charge is 0.227 e. The maximum Gasteiger partial charge on any atom is 0.175 e. The van der Waals surface area contributed by atoms with E-state index in [1.807, 2.05) is 0 Å². The van der Waals surface area contributed by atoms with Gasteiger partial charge in [-0.15, -0.1) is 0 Å². The minimum Gasteiger partial charge on any atom is -0.227 e. The summed E-state index contributed by atoms with van der Waals surface area (Å²) in [6.07, 6.45) is 0. The van der Waals surface area contributed by atoms with E-state index < -0.39 is 35.3 Å². The van der Waals surface area contributed by atoms with Crippen LogP contribution in [0.2, 0.25) is 0 Å². The van der Waals surface area contributed by atoms with Crippen molar-refractivity contribution < 1.29 is 16.8 Å². The van der Waals surface area contributed by atoms with Crippen molar-refractivity contribution in [3.63, 3.8) is 0 Å². The second-order valence-corrected chi connectivity index (χ2v) is 12.4. The molecular weight excluding hydrogens is 452 g/mol. The molecule has 4 aromatic rings. The highest BCUT2D eigenvalue weighted by atomic mass is 32.3. The lowest BCUT2D eigenvalue weighted by atomic mass is 10.0. The van der Waals surface area contributed by atoms with Gasteiger partial charge in [-0.3, -0.25) is 0 Å². The van der Waals surface area contributed by atoms with Crippen molar-refractivity contribution in [2.24, 2.45) is 0 Å². The smallest absolute Gasteiger partial charge is 0.175 e. The summed E-state index contributed by atoms with van der Waals surface area (Å²) in [5.41, 5.74) is 2.15. The van der Waals surface area contributed by atoms with Gasteiger partial charge in [0.15, 0.2) is 24.8 Å². The van der Waals surface area contributed by atoms with Gasteiger partial charge >= 0.3 is 0 Å². The van der Waals surface area contributed by atoms with Crippen molar-refractivity contribution in [2.45, 2.75) is 10.5 Å². The Morgan fingerprint density at radius 1 is 0.394 bits per heavy atom. The molecule has 0 heterocycles. The van der Waals surface area contributed by atoms with Crippen molar-refractivity contribution in [1.82, 2.24) is 0 Å². The lowest BCUT2D eigenvalue weighted by Crippen LogP contribution is -2.27. The minimum atomic E-state index is -4.14. The zero-order valence-electron chi connectivity index (χ0n) is 17.9. The van der Waals surface area contributed by atoms with Gasteiger partial charge in [0.1, 0.15) is 10.5 Å². The van der Waals surface area contributed by atoms with Gasteiger partial charge in [0, 0.05) is 0 Å². The monoisotopic (exact) mass is 476 g/mol. The first-order valence-corrected chi connectivity index (χ1v) is 13.9. The van der Waals surface area contributed by atoms with Crippen LogP contribution in [-0.2, 0) is 19.7 Å². The quantitative estimate of drug-likeness (QED) is 0.344. The number of rotatable bonds is 8. The summed E-state index contributed by atoms with van der Waals surface area (Å²) in [6.45, 7) is 0. The molecule has 0 saturated carbocycles. The molecule has 0 aliphatic heterocycles. The lowest BCUT2D eigenvalue weighted by Gasteiger charge is -2.22. The van der Waals surface area contributed by atoms with Crippen LogP contribution < -0.4 is 0 Å². The number of hydrogen-bond acceptors (Lipinski definition) is 4. The van der Waals surface area contributed by atoms with E-state index in [0.717, 1.165) is 0 Å². The number of benzene rings is 4. The summed E-state index contributed by atoms with van der Waals surface area (Å²) in [4.78, 5) is 0. The molecule has 0 amide bonds. The summed E-state index contributed by atoms with van der Waals surface area (Å²) in [7, 11) is -8.27. The van der Waals surface area contributed by atoms with Crippen LogP contribution in [-0.4, -0.2) is 21.9 Å². The van der Waals surface area contributed by atoms with Gasteiger partial charge in [-0.2, -0.15) is 0 Å². The van der Waals surface area contributed by atoms with Gasteiger partial charge in [-0.05, 0) is 22.3 Å². The van der Waals surface area contributed by atoms with Gasteiger partial charge in [-0.1, -0.05) is 121 Å². The molecule has 0 radical (unpaired) electrons. The van der Waals surface area contributed by atoms with Crippen LogP contribution >= 0.6 is 0 Å². The Labute approximate surface area is 195 Å². The van der Waals surface area contributed by atoms with Crippen LogP contribution in [0.3, 0.4) is 0 Å². The second-order valence-electron chi connectivity index (χ2n) is 7.85. The summed E-state index contributed by atoms with van der Waals surface area (Å²) in [6, 6.07) is 35.0. The standard InChI is InChI=1S/C27H24O4S2/c28-32(29,26(22-13-5-1-6-14-22)23-15-7-2-8-16-23)21-33(30,31)27(24-17-9-3-10-18-24)25-19-11-4-12-20-25/h1-20,26-27H,21H2. The Kier molecular flexibility index (Phi) is 6.77. The maximum atomic E-state index is 13.7. The minimum absolute atomic E-state index is 0.537. The van der Waals surface area contributed by atoms with Gasteiger partial charge in [-0.25, -0.2) is 16.8 Å². The molecule has 0 spiro atoms. The fourth-order valence-corrected chi connectivity index (χ4v) is 9.30. The maximum absolute atomic E-state index is 13.7. The van der Waals surface area contributed by atoms with E-state index >= 15 is 0 Å². The molecule has 0 aliphatic rings. The summed E-state index contributed by atoms with van der Waals surface area (Å²) in [5.74, 6) is 0. The predicted molar refractivity (Wildman–Crippen MR) is 132 cm³/mol. The van der Waals surface area contributed by atoms with Crippen LogP contribution in [0, 0.1) is 0 Å². The fourth-order valence-electron chi connectivity index (χ4n) is 4.09. The molecule has 0 saturated heterocycles. The normalized spacial score (nSPS) is 12.2. The van der Waals surface area contributed by atoms with Gasteiger partial charge in [0.25, 0.3) is 0 Å². The summed E-state index contributed by atoms with van der Waals surface area (Å²) >= 11 is 0. The van der Waals surface area contributed by atoms with E-state index in [0.29, 0.717) is 22.3 Å². The molecule has 4 aromatic carbocycles. The predicted octanol–water partition coefficient (Wildman–Crippen LogP) is 5.35. The van der Waals surface area contributed by atoms with Crippen molar-refractivity contribution in [3.05, 3.63) is 144 Å². The van der Waals surface area contributed by atoms with Gasteiger partial charge in [0.05, 0.1) is 0 Å². The topological polar surface area (TPSA) is 68.3 Å². The molecule has 168 valence electrons. The second kappa shape index (κ2) is 9.73. The van der Waals surface area contributed by atoms with Gasteiger partial charge < -0.3 is 0 Å². The average Bonchev–Trinajstić information content (AvgIpc) is 2.81. The zero-order valence-corrected chi connectivity index (χ0v) is 19.5. The molecular formula is C27H24O4S2. The van der Waals surface area contributed by atoms with Crippen LogP contribution in [0.25, 0.3) is 0 Å². The van der Waals surface area contributed by atoms with E-state index in [4.69, 9.17) is 0 Å². The fraction of sp³-hybridized carbons (Fsp3) is 0.111. The Hall–Kier alpha value is -3.22. The molecule has 0 unspecified atom stereocenters. The molecule has 6 heteroatoms. The Morgan fingerprint density at radius 3 is 0.818 bits per heavy atom. The van der Waals surface area contributed by atoms with Crippen LogP contribution in [0.1, 0.15) is 32.8 Å². The SMILES string of the molecule is O=S(=O)(CS(=O)(=O)C(c1ccccc1)c1ccccc1)C(c1ccccc1)c1ccccc1. The molecule has 0 fully saturated rings. The zero-order chi connectivity index (χ0) is 23.3. The number of hydrogen-bond donors (Lipinski definition) is 0. The van der Waals surface area contributed by atoms with E-state index in [-0.39, 0.29) is 0 Å². The van der Waals surface area contributed by atoms with Crippen LogP contribution in [0.15, 0.2) is 121 Å². The Balaban J connectivity index is 1.80. The third kappa shape index (κ3) is 5.24. The van der Waals surface area contributed by atoms with Crippen LogP contribution in [0.5, 0.6) is 0 Å². The summed E-state index contributed by atoms with van der Waals surface area (Å²) < 4.78 is 54.9. The highest BCUT2D eigenvalue weighted by Crippen LogP contribution is 2.36. The first-order valence-electron chi connectivity index (χ1n) is 10.5. The first kappa shape index (κ1) is 23.0. The van der Waals surface area contributed by atoms with Crippen molar-refractivity contribution in [3.8, 4) is 0 Å². The van der Waals surface area contributed by atoms with Crippen molar-refractivity contribution in [2.75, 3.05) is 5.08 Å². The first-order chi connectivity index (χ1) is 15.9. The molecule has 0 N–H and O–H groups in total. The van der Waals surface area contributed by atoms with E-state index in [1.54, 1.807) is 121 Å². The van der Waals surface area contributed by atoms with Crippen molar-refractivity contribution in [1.29, 1.82) is 0 Å². The molecule has 4 nitrogen and oxygen atoms in total. The van der Waals surface area contributed by atoms with Crippen molar-refractivity contribution >= 4 is 19.7 Å². The molecule has 0 aromatic heterocycles. The lowest BCUT2D eigenvalue weighted by molar-refractivity contribution is 0.581. The third-order valence-corrected chi connectivity index (χ3v) is 10.6. The highest BCUT2D eigenvalue weighted by Gasteiger charge is 2.38. The van der Waals surface area contributed by atoms with E-state index in [2.05, 4.69) is 0 Å². The Morgan fingerprint density at radius 2 is 0.606 bits per heavy atom.